The lowest BCUT2D eigenvalue weighted by Gasteiger charge is -2.15. The predicted octanol–water partition coefficient (Wildman–Crippen LogP) is 4.76. The molecule has 1 unspecified atom stereocenters. The monoisotopic (exact) mass is 479 g/mol. The number of thioether (sulfide) groups is 1. The van der Waals surface area contributed by atoms with E-state index in [1.165, 1.54) is 16.0 Å². The van der Waals surface area contributed by atoms with Crippen LogP contribution in [0.25, 0.3) is 11.1 Å². The van der Waals surface area contributed by atoms with Crippen LogP contribution >= 0.6 is 11.8 Å². The van der Waals surface area contributed by atoms with E-state index >= 15 is 0 Å². The van der Waals surface area contributed by atoms with E-state index in [1.807, 2.05) is 6.07 Å². The first-order valence-corrected chi connectivity index (χ1v) is 12.3. The molecule has 1 heterocycles. The van der Waals surface area contributed by atoms with Crippen molar-refractivity contribution in [3.8, 4) is 34.1 Å². The van der Waals surface area contributed by atoms with Gasteiger partial charge in [0.1, 0.15) is 11.9 Å². The molecule has 3 aromatic carbocycles. The lowest BCUT2D eigenvalue weighted by molar-refractivity contribution is -0.120. The van der Waals surface area contributed by atoms with Gasteiger partial charge in [-0.2, -0.15) is 0 Å². The number of rotatable bonds is 9. The smallest absolute Gasteiger partial charge is 0.224 e. The van der Waals surface area contributed by atoms with Crippen molar-refractivity contribution in [2.45, 2.75) is 23.8 Å². The molecule has 7 heteroatoms. The lowest BCUT2D eigenvalue weighted by Crippen LogP contribution is -2.35. The van der Waals surface area contributed by atoms with Crippen LogP contribution in [0.5, 0.6) is 23.0 Å². The number of carbonyl (C=O) groups is 1. The number of hydrogen-bond acceptors (Lipinski definition) is 6. The Hall–Kier alpha value is -3.32. The molecule has 4 rings (SSSR count). The zero-order valence-corrected chi connectivity index (χ0v) is 20.7. The molecule has 0 aromatic heterocycles. The average Bonchev–Trinajstić information content (AvgIpc) is 3.29. The molecule has 0 aliphatic carbocycles. The first-order chi connectivity index (χ1) is 16.5. The van der Waals surface area contributed by atoms with E-state index in [4.69, 9.17) is 18.9 Å². The molecule has 0 saturated heterocycles. The summed E-state index contributed by atoms with van der Waals surface area (Å²) in [7, 11) is 4.67. The fraction of sp³-hybridized carbons (Fsp3) is 0.296. The van der Waals surface area contributed by atoms with Gasteiger partial charge in [-0.25, -0.2) is 0 Å². The van der Waals surface area contributed by atoms with Gasteiger partial charge in [-0.15, -0.1) is 11.8 Å². The van der Waals surface area contributed by atoms with Crippen molar-refractivity contribution in [3.63, 3.8) is 0 Å². The van der Waals surface area contributed by atoms with Gasteiger partial charge in [0.25, 0.3) is 0 Å². The van der Waals surface area contributed by atoms with Gasteiger partial charge in [-0.05, 0) is 64.9 Å². The third-order valence-electron chi connectivity index (χ3n) is 5.84. The molecule has 1 aliphatic heterocycles. The van der Waals surface area contributed by atoms with Crippen LogP contribution in [0.2, 0.25) is 0 Å². The summed E-state index contributed by atoms with van der Waals surface area (Å²) >= 11 is 1.73. The summed E-state index contributed by atoms with van der Waals surface area (Å²) in [6.45, 7) is 0.440. The molecule has 0 saturated carbocycles. The molecular weight excluding hydrogens is 450 g/mol. The van der Waals surface area contributed by atoms with Crippen molar-refractivity contribution in [1.82, 2.24) is 5.32 Å². The molecule has 1 N–H and O–H groups in total. The van der Waals surface area contributed by atoms with E-state index in [2.05, 4.69) is 48.0 Å². The number of fused-ring (bicyclic) bond motifs is 1. The minimum Gasteiger partial charge on any atom is -0.493 e. The average molecular weight is 480 g/mol. The Morgan fingerprint density at radius 1 is 0.971 bits per heavy atom. The highest BCUT2D eigenvalue weighted by atomic mass is 32.2. The molecule has 6 nitrogen and oxygen atoms in total. The number of amides is 1. The normalized spacial score (nSPS) is 14.2. The lowest BCUT2D eigenvalue weighted by atomic mass is 10.0. The van der Waals surface area contributed by atoms with Crippen LogP contribution in [0, 0.1) is 0 Å². The minimum atomic E-state index is -0.0941. The number of benzene rings is 3. The number of nitrogens with one attached hydrogen (secondary N) is 1. The quantitative estimate of drug-likeness (QED) is 0.446. The molecule has 0 fully saturated rings. The molecule has 0 radical (unpaired) electrons. The fourth-order valence-corrected chi connectivity index (χ4v) is 4.52. The zero-order chi connectivity index (χ0) is 24.1. The summed E-state index contributed by atoms with van der Waals surface area (Å²) in [6.07, 6.45) is 2.95. The second-order valence-corrected chi connectivity index (χ2v) is 8.89. The number of ether oxygens (including phenoxy) is 4. The number of hydrogen-bond donors (Lipinski definition) is 1. The Morgan fingerprint density at radius 3 is 2.26 bits per heavy atom. The van der Waals surface area contributed by atoms with Crippen molar-refractivity contribution in [3.05, 3.63) is 65.7 Å². The van der Waals surface area contributed by atoms with E-state index in [0.29, 0.717) is 23.8 Å². The summed E-state index contributed by atoms with van der Waals surface area (Å²) in [5, 5.41) is 2.99. The van der Waals surface area contributed by atoms with E-state index in [1.54, 1.807) is 45.2 Å². The molecule has 0 spiro atoms. The van der Waals surface area contributed by atoms with Gasteiger partial charge in [0.2, 0.25) is 11.7 Å². The molecule has 0 bridgehead atoms. The van der Waals surface area contributed by atoms with Crippen LogP contribution in [-0.2, 0) is 17.6 Å². The van der Waals surface area contributed by atoms with Crippen LogP contribution in [0.1, 0.15) is 11.1 Å². The Kier molecular flexibility index (Phi) is 7.53. The van der Waals surface area contributed by atoms with Crippen LogP contribution < -0.4 is 24.3 Å². The van der Waals surface area contributed by atoms with Gasteiger partial charge in [-0.1, -0.05) is 18.2 Å². The highest BCUT2D eigenvalue weighted by Gasteiger charge is 2.24. The Labute approximate surface area is 204 Å². The molecular formula is C27H29NO5S. The molecule has 1 amide bonds. The molecule has 3 aromatic rings. The second-order valence-electron chi connectivity index (χ2n) is 8.01. The van der Waals surface area contributed by atoms with Crippen molar-refractivity contribution in [2.75, 3.05) is 34.1 Å². The van der Waals surface area contributed by atoms with Crippen molar-refractivity contribution < 1.29 is 23.7 Å². The highest BCUT2D eigenvalue weighted by Crippen LogP contribution is 2.38. The van der Waals surface area contributed by atoms with Gasteiger partial charge in [0.05, 0.1) is 34.3 Å². The fourth-order valence-electron chi connectivity index (χ4n) is 4.11. The second kappa shape index (κ2) is 10.7. The van der Waals surface area contributed by atoms with Crippen molar-refractivity contribution >= 4 is 17.7 Å². The molecule has 1 aliphatic rings. The Bertz CT molecular complexity index is 1140. The number of methoxy groups -OCH3 is 3. The Morgan fingerprint density at radius 2 is 1.65 bits per heavy atom. The summed E-state index contributed by atoms with van der Waals surface area (Å²) in [5.41, 5.74) is 4.29. The third-order valence-corrected chi connectivity index (χ3v) is 6.58. The van der Waals surface area contributed by atoms with E-state index in [-0.39, 0.29) is 18.4 Å². The van der Waals surface area contributed by atoms with Crippen LogP contribution in [-0.4, -0.2) is 46.1 Å². The Balaban J connectivity index is 1.35. The van der Waals surface area contributed by atoms with Crippen LogP contribution in [0.4, 0.5) is 0 Å². The van der Waals surface area contributed by atoms with E-state index < -0.39 is 0 Å². The summed E-state index contributed by atoms with van der Waals surface area (Å²) in [5.74, 6) is 2.35. The predicted molar refractivity (Wildman–Crippen MR) is 135 cm³/mol. The third kappa shape index (κ3) is 5.25. The SMILES string of the molecule is COc1cc(CC(=O)NCC2Cc3cc(-c4ccc(SC)cc4)ccc3O2)cc(OC)c1OC. The highest BCUT2D eigenvalue weighted by molar-refractivity contribution is 7.98. The maximum Gasteiger partial charge on any atom is 0.224 e. The van der Waals surface area contributed by atoms with Gasteiger partial charge < -0.3 is 24.3 Å². The first-order valence-electron chi connectivity index (χ1n) is 11.0. The van der Waals surface area contributed by atoms with Gasteiger partial charge in [-0.3, -0.25) is 4.79 Å². The van der Waals surface area contributed by atoms with E-state index in [0.717, 1.165) is 23.3 Å². The maximum atomic E-state index is 12.6. The summed E-state index contributed by atoms with van der Waals surface area (Å²) < 4.78 is 22.2. The summed E-state index contributed by atoms with van der Waals surface area (Å²) in [4.78, 5) is 13.9. The van der Waals surface area contributed by atoms with Crippen LogP contribution in [0.3, 0.4) is 0 Å². The van der Waals surface area contributed by atoms with Crippen molar-refractivity contribution in [2.24, 2.45) is 0 Å². The van der Waals surface area contributed by atoms with Crippen molar-refractivity contribution in [1.29, 1.82) is 0 Å². The summed E-state index contributed by atoms with van der Waals surface area (Å²) in [6, 6.07) is 18.4. The number of carbonyl (C=O) groups excluding carboxylic acids is 1. The molecule has 1 atom stereocenters. The zero-order valence-electron chi connectivity index (χ0n) is 19.8. The van der Waals surface area contributed by atoms with Crippen LogP contribution in [0.15, 0.2) is 59.5 Å². The molecule has 34 heavy (non-hydrogen) atoms. The topological polar surface area (TPSA) is 66.0 Å². The largest absolute Gasteiger partial charge is 0.493 e. The van der Waals surface area contributed by atoms with Gasteiger partial charge >= 0.3 is 0 Å². The van der Waals surface area contributed by atoms with E-state index in [9.17, 15) is 4.79 Å². The molecule has 178 valence electrons. The van der Waals surface area contributed by atoms with Gasteiger partial charge in [0.15, 0.2) is 11.5 Å². The standard InChI is InChI=1S/C27H29NO5S/c1-30-24-11-17(12-25(31-2)27(24)32-3)13-26(29)28-16-21-15-20-14-19(7-10-23(20)33-21)18-5-8-22(34-4)9-6-18/h5-12,14,21H,13,15-16H2,1-4H3,(H,28,29). The maximum absolute atomic E-state index is 12.6. The minimum absolute atomic E-state index is 0.0898. The van der Waals surface area contributed by atoms with Gasteiger partial charge in [0, 0.05) is 11.3 Å². The first kappa shape index (κ1) is 23.8.